The van der Waals surface area contributed by atoms with Gasteiger partial charge in [0.25, 0.3) is 0 Å². The number of carbonyl (C=O) groups excluding carboxylic acids is 1. The predicted molar refractivity (Wildman–Crippen MR) is 69.9 cm³/mol. The number of nitrogens with one attached hydrogen (secondary N) is 2. The van der Waals surface area contributed by atoms with Crippen LogP contribution in [-0.4, -0.2) is 26.1 Å². The Kier molecular flexibility index (Phi) is 5.25. The number of aryl methyl sites for hydroxylation is 1. The van der Waals surface area contributed by atoms with E-state index in [4.69, 9.17) is 16.3 Å². The number of anilines is 1. The summed E-state index contributed by atoms with van der Waals surface area (Å²) in [6.07, 6.45) is 0. The number of carbonyl (C=O) groups is 1. The monoisotopic (exact) mass is 256 g/mol. The van der Waals surface area contributed by atoms with E-state index in [0.717, 1.165) is 5.56 Å². The van der Waals surface area contributed by atoms with Crippen molar-refractivity contribution < 1.29 is 9.53 Å². The molecule has 0 aliphatic heterocycles. The van der Waals surface area contributed by atoms with E-state index in [9.17, 15) is 4.79 Å². The smallest absolute Gasteiger partial charge is 0.238 e. The maximum atomic E-state index is 11.4. The van der Waals surface area contributed by atoms with Crippen molar-refractivity contribution in [2.75, 3.05) is 25.5 Å². The van der Waals surface area contributed by atoms with Crippen LogP contribution in [0.5, 0.6) is 5.75 Å². The molecule has 0 heterocycles. The van der Waals surface area contributed by atoms with E-state index in [1.807, 2.05) is 19.9 Å². The number of hydrogen-bond donors (Lipinski definition) is 2. The number of amides is 1. The Hall–Kier alpha value is -1.26. The Morgan fingerprint density at radius 1 is 1.47 bits per heavy atom. The minimum absolute atomic E-state index is 0.101. The van der Waals surface area contributed by atoms with Gasteiger partial charge in [-0.1, -0.05) is 11.6 Å². The van der Waals surface area contributed by atoms with Crippen LogP contribution >= 0.6 is 11.6 Å². The van der Waals surface area contributed by atoms with E-state index in [-0.39, 0.29) is 12.5 Å². The van der Waals surface area contributed by atoms with E-state index in [2.05, 4.69) is 10.6 Å². The molecular weight excluding hydrogens is 240 g/mol. The standard InChI is InChI=1S/C12H17ClN2O2/c1-4-17-11-5-8(2)10(6-9(11)13)15-12(16)7-14-3/h5-6,14H,4,7H2,1-3H3,(H,15,16). The van der Waals surface area contributed by atoms with Crippen LogP contribution in [0.2, 0.25) is 5.02 Å². The summed E-state index contributed by atoms with van der Waals surface area (Å²) in [5, 5.41) is 6.06. The molecule has 0 aromatic heterocycles. The summed E-state index contributed by atoms with van der Waals surface area (Å²) >= 11 is 6.05. The minimum atomic E-state index is -0.101. The average Bonchev–Trinajstić information content (AvgIpc) is 2.26. The first kappa shape index (κ1) is 13.8. The highest BCUT2D eigenvalue weighted by Gasteiger charge is 2.09. The van der Waals surface area contributed by atoms with Crippen molar-refractivity contribution in [2.45, 2.75) is 13.8 Å². The highest BCUT2D eigenvalue weighted by atomic mass is 35.5. The first-order chi connectivity index (χ1) is 8.08. The molecule has 2 N–H and O–H groups in total. The van der Waals surface area contributed by atoms with Crippen LogP contribution in [0.25, 0.3) is 0 Å². The molecule has 1 amide bonds. The first-order valence-corrected chi connectivity index (χ1v) is 5.83. The fourth-order valence-corrected chi connectivity index (χ4v) is 1.63. The van der Waals surface area contributed by atoms with E-state index < -0.39 is 0 Å². The van der Waals surface area contributed by atoms with Gasteiger partial charge >= 0.3 is 0 Å². The number of halogens is 1. The second-order valence-electron chi connectivity index (χ2n) is 3.61. The Bertz CT molecular complexity index is 408. The summed E-state index contributed by atoms with van der Waals surface area (Å²) in [5.74, 6) is 0.536. The third-order valence-corrected chi connectivity index (χ3v) is 2.49. The molecule has 0 unspecified atom stereocenters. The van der Waals surface area contributed by atoms with Crippen molar-refractivity contribution in [3.05, 3.63) is 22.7 Å². The van der Waals surface area contributed by atoms with Gasteiger partial charge in [0.15, 0.2) is 0 Å². The maximum Gasteiger partial charge on any atom is 0.238 e. The van der Waals surface area contributed by atoms with Crippen molar-refractivity contribution in [1.29, 1.82) is 0 Å². The second kappa shape index (κ2) is 6.47. The SMILES string of the molecule is CCOc1cc(C)c(NC(=O)CNC)cc1Cl. The zero-order chi connectivity index (χ0) is 12.8. The number of benzene rings is 1. The molecule has 94 valence electrons. The Morgan fingerprint density at radius 2 is 2.18 bits per heavy atom. The highest BCUT2D eigenvalue weighted by molar-refractivity contribution is 6.32. The Balaban J connectivity index is 2.87. The third-order valence-electron chi connectivity index (χ3n) is 2.19. The zero-order valence-electron chi connectivity index (χ0n) is 10.3. The Labute approximate surface area is 106 Å². The summed E-state index contributed by atoms with van der Waals surface area (Å²) in [7, 11) is 1.72. The molecule has 0 radical (unpaired) electrons. The van der Waals surface area contributed by atoms with Gasteiger partial charge in [-0.05, 0) is 38.6 Å². The van der Waals surface area contributed by atoms with Crippen molar-refractivity contribution in [1.82, 2.24) is 5.32 Å². The first-order valence-electron chi connectivity index (χ1n) is 5.45. The molecule has 4 nitrogen and oxygen atoms in total. The van der Waals surface area contributed by atoms with Gasteiger partial charge in [0.2, 0.25) is 5.91 Å². The van der Waals surface area contributed by atoms with E-state index in [1.54, 1.807) is 13.1 Å². The van der Waals surface area contributed by atoms with E-state index in [0.29, 0.717) is 23.1 Å². The van der Waals surface area contributed by atoms with Crippen molar-refractivity contribution in [3.8, 4) is 5.75 Å². The summed E-state index contributed by atoms with van der Waals surface area (Å²) in [4.78, 5) is 11.4. The summed E-state index contributed by atoms with van der Waals surface area (Å²) < 4.78 is 5.37. The molecule has 1 aromatic carbocycles. The molecule has 0 saturated heterocycles. The van der Waals surface area contributed by atoms with Crippen LogP contribution in [-0.2, 0) is 4.79 Å². The van der Waals surface area contributed by atoms with Crippen molar-refractivity contribution in [3.63, 3.8) is 0 Å². The molecule has 1 rings (SSSR count). The average molecular weight is 257 g/mol. The fraction of sp³-hybridized carbons (Fsp3) is 0.417. The molecule has 0 saturated carbocycles. The van der Waals surface area contributed by atoms with Crippen LogP contribution in [0.3, 0.4) is 0 Å². The van der Waals surface area contributed by atoms with Gasteiger partial charge in [0, 0.05) is 5.69 Å². The number of rotatable bonds is 5. The van der Waals surface area contributed by atoms with Gasteiger partial charge in [-0.2, -0.15) is 0 Å². The van der Waals surface area contributed by atoms with Crippen molar-refractivity contribution in [2.24, 2.45) is 0 Å². The molecule has 0 spiro atoms. The lowest BCUT2D eigenvalue weighted by molar-refractivity contribution is -0.115. The summed E-state index contributed by atoms with van der Waals surface area (Å²) in [5.41, 5.74) is 1.63. The van der Waals surface area contributed by atoms with Gasteiger partial charge < -0.3 is 15.4 Å². The Morgan fingerprint density at radius 3 is 2.76 bits per heavy atom. The second-order valence-corrected chi connectivity index (χ2v) is 4.02. The quantitative estimate of drug-likeness (QED) is 0.849. The van der Waals surface area contributed by atoms with E-state index >= 15 is 0 Å². The predicted octanol–water partition coefficient (Wildman–Crippen LogP) is 2.21. The lowest BCUT2D eigenvalue weighted by Gasteiger charge is -2.12. The molecular formula is C12H17ClN2O2. The third kappa shape index (κ3) is 3.91. The molecule has 0 aliphatic rings. The van der Waals surface area contributed by atoms with Crippen LogP contribution in [0.15, 0.2) is 12.1 Å². The minimum Gasteiger partial charge on any atom is -0.492 e. The summed E-state index contributed by atoms with van der Waals surface area (Å²) in [6.45, 7) is 4.62. The topological polar surface area (TPSA) is 50.4 Å². The largest absolute Gasteiger partial charge is 0.492 e. The zero-order valence-corrected chi connectivity index (χ0v) is 11.0. The molecule has 0 bridgehead atoms. The van der Waals surface area contributed by atoms with Crippen LogP contribution in [0, 0.1) is 6.92 Å². The maximum absolute atomic E-state index is 11.4. The van der Waals surface area contributed by atoms with Crippen LogP contribution in [0.4, 0.5) is 5.69 Å². The van der Waals surface area contributed by atoms with Gasteiger partial charge in [-0.25, -0.2) is 0 Å². The number of hydrogen-bond acceptors (Lipinski definition) is 3. The highest BCUT2D eigenvalue weighted by Crippen LogP contribution is 2.30. The fourth-order valence-electron chi connectivity index (χ4n) is 1.41. The molecule has 0 aliphatic carbocycles. The van der Waals surface area contributed by atoms with Gasteiger partial charge in [0.05, 0.1) is 18.2 Å². The number of ether oxygens (including phenoxy) is 1. The van der Waals surface area contributed by atoms with E-state index in [1.165, 1.54) is 0 Å². The molecule has 5 heteroatoms. The van der Waals surface area contributed by atoms with Crippen LogP contribution < -0.4 is 15.4 Å². The van der Waals surface area contributed by atoms with Crippen LogP contribution in [0.1, 0.15) is 12.5 Å². The lowest BCUT2D eigenvalue weighted by Crippen LogP contribution is -2.25. The molecule has 0 fully saturated rings. The van der Waals surface area contributed by atoms with Gasteiger partial charge in [0.1, 0.15) is 5.75 Å². The van der Waals surface area contributed by atoms with Gasteiger partial charge in [-0.3, -0.25) is 4.79 Å². The molecule has 17 heavy (non-hydrogen) atoms. The van der Waals surface area contributed by atoms with Gasteiger partial charge in [-0.15, -0.1) is 0 Å². The molecule has 1 aromatic rings. The lowest BCUT2D eigenvalue weighted by atomic mass is 10.2. The normalized spacial score (nSPS) is 10.1. The van der Waals surface area contributed by atoms with Crippen molar-refractivity contribution >= 4 is 23.2 Å². The number of likely N-dealkylation sites (N-methyl/N-ethyl adjacent to an activating group) is 1. The molecule has 0 atom stereocenters. The summed E-state index contributed by atoms with van der Waals surface area (Å²) in [6, 6.07) is 3.52.